The minimum absolute atomic E-state index is 0.0336. The van der Waals surface area contributed by atoms with Gasteiger partial charge in [-0.2, -0.15) is 0 Å². The smallest absolute Gasteiger partial charge is 0.293 e. The average Bonchev–Trinajstić information content (AvgIpc) is 3.28. The summed E-state index contributed by atoms with van der Waals surface area (Å²) in [5.41, 5.74) is 1.34. The number of nitrogens with zero attached hydrogens (tertiary/aromatic N) is 3. The molecule has 0 radical (unpaired) electrons. The van der Waals surface area contributed by atoms with Crippen LogP contribution in [-0.2, 0) is 16.0 Å². The van der Waals surface area contributed by atoms with E-state index in [2.05, 4.69) is 35.9 Å². The Morgan fingerprint density at radius 3 is 2.72 bits per heavy atom. The second-order valence-electron chi connectivity index (χ2n) is 8.54. The van der Waals surface area contributed by atoms with Crippen LogP contribution in [0.3, 0.4) is 0 Å². The highest BCUT2D eigenvalue weighted by molar-refractivity contribution is 7.19. The van der Waals surface area contributed by atoms with Crippen LogP contribution in [0.15, 0.2) is 6.33 Å². The molecule has 7 heteroatoms. The second kappa shape index (κ2) is 8.96. The third kappa shape index (κ3) is 4.26. The van der Waals surface area contributed by atoms with Crippen LogP contribution in [-0.4, -0.2) is 53.7 Å². The zero-order valence-electron chi connectivity index (χ0n) is 17.6. The van der Waals surface area contributed by atoms with E-state index in [4.69, 9.17) is 9.47 Å². The quantitative estimate of drug-likeness (QED) is 0.596. The average molecular weight is 418 g/mol. The highest BCUT2D eigenvalue weighted by atomic mass is 32.1. The molecule has 0 bridgehead atoms. The van der Waals surface area contributed by atoms with Gasteiger partial charge < -0.3 is 14.4 Å². The van der Waals surface area contributed by atoms with Crippen LogP contribution in [0.5, 0.6) is 5.88 Å². The third-order valence-electron chi connectivity index (χ3n) is 6.60. The number of fused-ring (bicyclic) bond motifs is 3. The largest absolute Gasteiger partial charge is 0.474 e. The normalized spacial score (nSPS) is 25.2. The summed E-state index contributed by atoms with van der Waals surface area (Å²) in [4.78, 5) is 24.7. The van der Waals surface area contributed by atoms with Gasteiger partial charge in [0.05, 0.1) is 5.39 Å². The maximum atomic E-state index is 10.8. The van der Waals surface area contributed by atoms with Gasteiger partial charge in [0.1, 0.15) is 23.4 Å². The van der Waals surface area contributed by atoms with Gasteiger partial charge in [0.15, 0.2) is 0 Å². The minimum atomic E-state index is -0.0336. The number of rotatable bonds is 8. The lowest BCUT2D eigenvalue weighted by Gasteiger charge is -2.32. The van der Waals surface area contributed by atoms with Gasteiger partial charge in [-0.1, -0.05) is 6.92 Å². The minimum Gasteiger partial charge on any atom is -0.474 e. The fourth-order valence-electron chi connectivity index (χ4n) is 4.92. The molecule has 29 heavy (non-hydrogen) atoms. The van der Waals surface area contributed by atoms with Gasteiger partial charge in [0.2, 0.25) is 5.88 Å². The van der Waals surface area contributed by atoms with Crippen LogP contribution < -0.4 is 4.74 Å². The van der Waals surface area contributed by atoms with Crippen molar-refractivity contribution in [3.63, 3.8) is 0 Å². The van der Waals surface area contributed by atoms with Crippen molar-refractivity contribution >= 4 is 28.0 Å². The lowest BCUT2D eigenvalue weighted by molar-refractivity contribution is -0.134. The number of aryl methyl sites for hydroxylation is 1. The first-order valence-electron chi connectivity index (χ1n) is 10.8. The molecule has 1 fully saturated rings. The predicted octanol–water partition coefficient (Wildman–Crippen LogP) is 4.31. The molecule has 0 amide bonds. The summed E-state index contributed by atoms with van der Waals surface area (Å²) in [6.07, 6.45) is 10.1. The molecular formula is C22H31N3O3S. The molecule has 158 valence electrons. The molecule has 2 heterocycles. The first kappa shape index (κ1) is 20.5. The van der Waals surface area contributed by atoms with Gasteiger partial charge in [-0.05, 0) is 76.9 Å². The van der Waals surface area contributed by atoms with Crippen LogP contribution >= 0.6 is 11.3 Å². The Balaban J connectivity index is 1.56. The first-order valence-corrected chi connectivity index (χ1v) is 11.6. The predicted molar refractivity (Wildman–Crippen MR) is 115 cm³/mol. The summed E-state index contributed by atoms with van der Waals surface area (Å²) < 4.78 is 11.8. The lowest BCUT2D eigenvalue weighted by atomic mass is 9.92. The van der Waals surface area contributed by atoms with E-state index in [1.54, 1.807) is 17.7 Å². The SMILES string of the molecule is CC[C@H](C[C@H]1CCc2sc3ncnc(OC4CCC(N(C)C)CC4)c3c21)OC=O. The summed E-state index contributed by atoms with van der Waals surface area (Å²) in [5, 5.41) is 1.10. The number of thiophene rings is 1. The van der Waals surface area contributed by atoms with E-state index < -0.39 is 0 Å². The molecule has 0 N–H and O–H groups in total. The molecule has 6 nitrogen and oxygen atoms in total. The summed E-state index contributed by atoms with van der Waals surface area (Å²) >= 11 is 1.77. The maximum Gasteiger partial charge on any atom is 0.293 e. The summed E-state index contributed by atoms with van der Waals surface area (Å²) in [6.45, 7) is 2.65. The van der Waals surface area contributed by atoms with E-state index in [0.717, 1.165) is 67.5 Å². The van der Waals surface area contributed by atoms with Crippen molar-refractivity contribution in [1.82, 2.24) is 14.9 Å². The van der Waals surface area contributed by atoms with Crippen molar-refractivity contribution < 1.29 is 14.3 Å². The number of ether oxygens (including phenoxy) is 2. The Hall–Kier alpha value is -1.73. The van der Waals surface area contributed by atoms with E-state index in [1.165, 1.54) is 10.4 Å². The highest BCUT2D eigenvalue weighted by Gasteiger charge is 2.33. The second-order valence-corrected chi connectivity index (χ2v) is 9.63. The molecule has 2 aliphatic carbocycles. The number of carbonyl (C=O) groups excluding carboxylic acids is 1. The highest BCUT2D eigenvalue weighted by Crippen LogP contribution is 2.48. The van der Waals surface area contributed by atoms with Crippen molar-refractivity contribution in [3.8, 4) is 5.88 Å². The van der Waals surface area contributed by atoms with Crippen molar-refractivity contribution in [2.75, 3.05) is 14.1 Å². The van der Waals surface area contributed by atoms with Gasteiger partial charge in [0, 0.05) is 10.9 Å². The zero-order chi connectivity index (χ0) is 20.4. The molecule has 0 aliphatic heterocycles. The molecular weight excluding hydrogens is 386 g/mol. The number of aromatic nitrogens is 2. The zero-order valence-corrected chi connectivity index (χ0v) is 18.4. The Kier molecular flexibility index (Phi) is 6.35. The summed E-state index contributed by atoms with van der Waals surface area (Å²) in [5.74, 6) is 1.12. The molecule has 0 aromatic carbocycles. The molecule has 2 atom stereocenters. The van der Waals surface area contributed by atoms with Gasteiger partial charge in [0.25, 0.3) is 6.47 Å². The van der Waals surface area contributed by atoms with E-state index in [-0.39, 0.29) is 12.2 Å². The molecule has 2 aromatic rings. The van der Waals surface area contributed by atoms with E-state index in [9.17, 15) is 4.79 Å². The fourth-order valence-corrected chi connectivity index (χ4v) is 6.15. The van der Waals surface area contributed by atoms with Crippen LogP contribution in [0.1, 0.15) is 68.2 Å². The van der Waals surface area contributed by atoms with Crippen molar-refractivity contribution in [3.05, 3.63) is 16.8 Å². The monoisotopic (exact) mass is 417 g/mol. The molecule has 2 aliphatic rings. The standard InChI is InChI=1S/C22H31N3O3S/c1-4-16(27-13-26)11-14-5-10-18-19(14)20-21(23-12-24-22(20)29-18)28-17-8-6-15(7-9-17)25(2)3/h12-17H,4-11H2,1-3H3/t14-,15?,16-,17?/m1/s1. The lowest BCUT2D eigenvalue weighted by Crippen LogP contribution is -2.35. The molecule has 1 saturated carbocycles. The van der Waals surface area contributed by atoms with Gasteiger partial charge >= 0.3 is 0 Å². The fraction of sp³-hybridized carbons (Fsp3) is 0.682. The third-order valence-corrected chi connectivity index (χ3v) is 7.77. The van der Waals surface area contributed by atoms with E-state index in [0.29, 0.717) is 18.4 Å². The van der Waals surface area contributed by atoms with E-state index in [1.807, 2.05) is 0 Å². The van der Waals surface area contributed by atoms with Crippen LogP contribution in [0.4, 0.5) is 0 Å². The first-order chi connectivity index (χ1) is 14.1. The molecule has 0 spiro atoms. The van der Waals surface area contributed by atoms with Crippen LogP contribution in [0.25, 0.3) is 10.2 Å². The molecule has 4 rings (SSSR count). The Morgan fingerprint density at radius 2 is 2.03 bits per heavy atom. The number of hydrogen-bond acceptors (Lipinski definition) is 7. The Morgan fingerprint density at radius 1 is 1.24 bits per heavy atom. The van der Waals surface area contributed by atoms with Gasteiger partial charge in [-0.3, -0.25) is 4.79 Å². The topological polar surface area (TPSA) is 64.6 Å². The number of hydrogen-bond donors (Lipinski definition) is 0. The summed E-state index contributed by atoms with van der Waals surface area (Å²) in [6, 6.07) is 0.652. The van der Waals surface area contributed by atoms with E-state index >= 15 is 0 Å². The van der Waals surface area contributed by atoms with Crippen molar-refractivity contribution in [1.29, 1.82) is 0 Å². The van der Waals surface area contributed by atoms with Crippen LogP contribution in [0.2, 0.25) is 0 Å². The number of carbonyl (C=O) groups is 1. The van der Waals surface area contributed by atoms with Crippen molar-refractivity contribution in [2.24, 2.45) is 0 Å². The van der Waals surface area contributed by atoms with Crippen molar-refractivity contribution in [2.45, 2.75) is 82.5 Å². The Labute approximate surface area is 176 Å². The van der Waals surface area contributed by atoms with Crippen LogP contribution in [0, 0.1) is 0 Å². The van der Waals surface area contributed by atoms with Gasteiger partial charge in [-0.25, -0.2) is 9.97 Å². The molecule has 0 saturated heterocycles. The Bertz CT molecular complexity index is 845. The summed E-state index contributed by atoms with van der Waals surface area (Å²) in [7, 11) is 4.32. The molecule has 2 aromatic heterocycles. The van der Waals surface area contributed by atoms with Gasteiger partial charge in [-0.15, -0.1) is 11.3 Å². The maximum absolute atomic E-state index is 10.8. The molecule has 0 unspecified atom stereocenters.